The molecular formula is C25H23N3O3S. The summed E-state index contributed by atoms with van der Waals surface area (Å²) in [6, 6.07) is 17.7. The van der Waals surface area contributed by atoms with Crippen LogP contribution in [-0.2, 0) is 22.6 Å². The van der Waals surface area contributed by atoms with Crippen molar-refractivity contribution >= 4 is 28.8 Å². The number of rotatable bonds is 8. The van der Waals surface area contributed by atoms with E-state index < -0.39 is 6.04 Å². The van der Waals surface area contributed by atoms with Gasteiger partial charge in [0.05, 0.1) is 31.1 Å². The van der Waals surface area contributed by atoms with Crippen LogP contribution in [0.3, 0.4) is 0 Å². The number of anilines is 1. The van der Waals surface area contributed by atoms with Crippen LogP contribution in [-0.4, -0.2) is 16.8 Å². The second kappa shape index (κ2) is 10.1. The van der Waals surface area contributed by atoms with Crippen LogP contribution in [0.2, 0.25) is 0 Å². The molecule has 4 rings (SSSR count). The summed E-state index contributed by atoms with van der Waals surface area (Å²) in [5, 5.41) is 4.87. The molecule has 32 heavy (non-hydrogen) atoms. The fraction of sp³-hybridized carbons (Fsp3) is 0.160. The maximum atomic E-state index is 13.6. The first-order valence-electron chi connectivity index (χ1n) is 10.2. The van der Waals surface area contributed by atoms with Gasteiger partial charge < -0.3 is 9.73 Å². The molecule has 0 aliphatic carbocycles. The molecule has 162 valence electrons. The fourth-order valence-electron chi connectivity index (χ4n) is 3.56. The highest BCUT2D eigenvalue weighted by Gasteiger charge is 2.33. The summed E-state index contributed by atoms with van der Waals surface area (Å²) >= 11 is 1.52. The molecule has 1 aromatic carbocycles. The zero-order valence-electron chi connectivity index (χ0n) is 17.6. The second-order valence-corrected chi connectivity index (χ2v) is 8.32. The summed E-state index contributed by atoms with van der Waals surface area (Å²) in [7, 11) is 0. The third kappa shape index (κ3) is 4.95. The van der Waals surface area contributed by atoms with Gasteiger partial charge in [-0.2, -0.15) is 0 Å². The zero-order chi connectivity index (χ0) is 22.3. The van der Waals surface area contributed by atoms with Crippen LogP contribution in [0, 0.1) is 6.92 Å². The van der Waals surface area contributed by atoms with Crippen molar-refractivity contribution in [1.82, 2.24) is 10.3 Å². The number of carbonyl (C=O) groups excluding carboxylic acids is 2. The van der Waals surface area contributed by atoms with Gasteiger partial charge >= 0.3 is 0 Å². The molecule has 0 saturated heterocycles. The van der Waals surface area contributed by atoms with Crippen LogP contribution in [0.5, 0.6) is 0 Å². The van der Waals surface area contributed by atoms with Crippen molar-refractivity contribution in [3.8, 4) is 0 Å². The number of furan rings is 1. The predicted molar refractivity (Wildman–Crippen MR) is 124 cm³/mol. The van der Waals surface area contributed by atoms with E-state index in [1.165, 1.54) is 11.3 Å². The standard InChI is InChI=1S/C25H23N3O3S/c1-18-7-2-3-11-22(18)24(25(30)27-17-20-9-5-13-31-20)28(19-8-4-12-26-16-19)23(29)15-21-10-6-14-32-21/h2-14,16,24H,15,17H2,1H3,(H,27,30)/t24-/m0/s1. The Morgan fingerprint density at radius 2 is 1.97 bits per heavy atom. The number of benzene rings is 1. The van der Waals surface area contributed by atoms with Gasteiger partial charge in [-0.05, 0) is 53.8 Å². The smallest absolute Gasteiger partial charge is 0.248 e. The van der Waals surface area contributed by atoms with E-state index in [-0.39, 0.29) is 24.8 Å². The van der Waals surface area contributed by atoms with Gasteiger partial charge in [0.25, 0.3) is 0 Å². The maximum absolute atomic E-state index is 13.6. The quantitative estimate of drug-likeness (QED) is 0.427. The molecule has 0 aliphatic rings. The summed E-state index contributed by atoms with van der Waals surface area (Å²) in [6.45, 7) is 2.17. The molecule has 0 unspecified atom stereocenters. The molecule has 3 aromatic heterocycles. The second-order valence-electron chi connectivity index (χ2n) is 7.29. The highest BCUT2D eigenvalue weighted by molar-refractivity contribution is 7.10. The molecular weight excluding hydrogens is 422 g/mol. The molecule has 1 atom stereocenters. The van der Waals surface area contributed by atoms with Crippen molar-refractivity contribution in [3.63, 3.8) is 0 Å². The average Bonchev–Trinajstić information content (AvgIpc) is 3.51. The molecule has 3 heterocycles. The van der Waals surface area contributed by atoms with Crippen LogP contribution in [0.15, 0.2) is 89.1 Å². The van der Waals surface area contributed by atoms with Crippen molar-refractivity contribution in [3.05, 3.63) is 106 Å². The SMILES string of the molecule is Cc1ccccc1[C@@H](C(=O)NCc1ccco1)N(C(=O)Cc1cccs1)c1cccnc1. The zero-order valence-corrected chi connectivity index (χ0v) is 18.4. The van der Waals surface area contributed by atoms with E-state index in [0.717, 1.165) is 16.0 Å². The maximum Gasteiger partial charge on any atom is 0.248 e. The first-order chi connectivity index (χ1) is 15.6. The van der Waals surface area contributed by atoms with Gasteiger partial charge in [0.2, 0.25) is 11.8 Å². The van der Waals surface area contributed by atoms with Crippen molar-refractivity contribution in [2.45, 2.75) is 25.9 Å². The minimum absolute atomic E-state index is 0.179. The summed E-state index contributed by atoms with van der Waals surface area (Å²) in [6.07, 6.45) is 5.01. The molecule has 1 N–H and O–H groups in total. The Morgan fingerprint density at radius 3 is 2.66 bits per heavy atom. The molecule has 7 heteroatoms. The van der Waals surface area contributed by atoms with Crippen LogP contribution in [0.1, 0.15) is 27.8 Å². The lowest BCUT2D eigenvalue weighted by molar-refractivity contribution is -0.126. The summed E-state index contributed by atoms with van der Waals surface area (Å²) in [5.74, 6) is 0.167. The lowest BCUT2D eigenvalue weighted by atomic mass is 9.98. The van der Waals surface area contributed by atoms with Crippen LogP contribution < -0.4 is 10.2 Å². The minimum Gasteiger partial charge on any atom is -0.467 e. The molecule has 0 spiro atoms. The Bertz CT molecular complexity index is 1160. The number of nitrogens with one attached hydrogen (secondary N) is 1. The molecule has 0 aliphatic heterocycles. The van der Waals surface area contributed by atoms with Crippen molar-refractivity contribution in [1.29, 1.82) is 0 Å². The van der Waals surface area contributed by atoms with Crippen LogP contribution in [0.25, 0.3) is 0 Å². The van der Waals surface area contributed by atoms with E-state index in [4.69, 9.17) is 4.42 Å². The Balaban J connectivity index is 1.74. The van der Waals surface area contributed by atoms with E-state index in [2.05, 4.69) is 10.3 Å². The highest BCUT2D eigenvalue weighted by atomic mass is 32.1. The van der Waals surface area contributed by atoms with Crippen molar-refractivity contribution < 1.29 is 14.0 Å². The van der Waals surface area contributed by atoms with Gasteiger partial charge in [-0.25, -0.2) is 0 Å². The number of nitrogens with zero attached hydrogens (tertiary/aromatic N) is 2. The van der Waals surface area contributed by atoms with Gasteiger partial charge in [-0.15, -0.1) is 11.3 Å². The number of thiophene rings is 1. The molecule has 0 fully saturated rings. The minimum atomic E-state index is -0.858. The molecule has 0 bridgehead atoms. The number of hydrogen-bond donors (Lipinski definition) is 1. The Labute approximate surface area is 190 Å². The van der Waals surface area contributed by atoms with Gasteiger partial charge in [-0.3, -0.25) is 19.5 Å². The predicted octanol–water partition coefficient (Wildman–Crippen LogP) is 4.68. The number of amides is 2. The third-order valence-corrected chi connectivity index (χ3v) is 5.98. The average molecular weight is 446 g/mol. The molecule has 4 aromatic rings. The monoisotopic (exact) mass is 445 g/mol. The summed E-state index contributed by atoms with van der Waals surface area (Å²) in [5.41, 5.74) is 2.24. The lowest BCUT2D eigenvalue weighted by Crippen LogP contribution is -2.44. The number of aryl methyl sites for hydroxylation is 1. The van der Waals surface area contributed by atoms with E-state index in [9.17, 15) is 9.59 Å². The number of aromatic nitrogens is 1. The third-order valence-electron chi connectivity index (χ3n) is 5.10. The van der Waals surface area contributed by atoms with E-state index >= 15 is 0 Å². The highest BCUT2D eigenvalue weighted by Crippen LogP contribution is 2.30. The van der Waals surface area contributed by atoms with Crippen LogP contribution in [0.4, 0.5) is 5.69 Å². The number of pyridine rings is 1. The lowest BCUT2D eigenvalue weighted by Gasteiger charge is -2.32. The van der Waals surface area contributed by atoms with Crippen molar-refractivity contribution in [2.24, 2.45) is 0 Å². The van der Waals surface area contributed by atoms with Crippen LogP contribution >= 0.6 is 11.3 Å². The number of hydrogen-bond acceptors (Lipinski definition) is 5. The van der Waals surface area contributed by atoms with Gasteiger partial charge in [0, 0.05) is 11.1 Å². The van der Waals surface area contributed by atoms with E-state index in [0.29, 0.717) is 11.4 Å². The van der Waals surface area contributed by atoms with Gasteiger partial charge in [0.15, 0.2) is 0 Å². The molecule has 0 saturated carbocycles. The largest absolute Gasteiger partial charge is 0.467 e. The Morgan fingerprint density at radius 1 is 1.09 bits per heavy atom. The summed E-state index contributed by atoms with van der Waals surface area (Å²) < 4.78 is 5.35. The van der Waals surface area contributed by atoms with Crippen molar-refractivity contribution in [2.75, 3.05) is 4.90 Å². The first kappa shape index (κ1) is 21.5. The number of carbonyl (C=O) groups is 2. The topological polar surface area (TPSA) is 75.4 Å². The molecule has 6 nitrogen and oxygen atoms in total. The molecule has 0 radical (unpaired) electrons. The van der Waals surface area contributed by atoms with Gasteiger partial charge in [-0.1, -0.05) is 30.3 Å². The van der Waals surface area contributed by atoms with E-state index in [1.807, 2.05) is 48.7 Å². The normalized spacial score (nSPS) is 11.7. The summed E-state index contributed by atoms with van der Waals surface area (Å²) in [4.78, 5) is 33.8. The fourth-order valence-corrected chi connectivity index (χ4v) is 4.25. The van der Waals surface area contributed by atoms with Gasteiger partial charge in [0.1, 0.15) is 11.8 Å². The molecule has 2 amide bonds. The Hall–Kier alpha value is -3.71. The Kier molecular flexibility index (Phi) is 6.77. The van der Waals surface area contributed by atoms with E-state index in [1.54, 1.807) is 47.8 Å². The first-order valence-corrected chi connectivity index (χ1v) is 11.1.